The van der Waals surface area contributed by atoms with Gasteiger partial charge in [-0.05, 0) is 30.2 Å². The van der Waals surface area contributed by atoms with Crippen molar-refractivity contribution in [3.63, 3.8) is 0 Å². The molecule has 0 aliphatic carbocycles. The number of hydrogen-bond donors (Lipinski definition) is 2. The van der Waals surface area contributed by atoms with Crippen LogP contribution in [0.2, 0.25) is 0 Å². The van der Waals surface area contributed by atoms with Crippen LogP contribution in [-0.2, 0) is 10.2 Å². The summed E-state index contributed by atoms with van der Waals surface area (Å²) < 4.78 is 0. The van der Waals surface area contributed by atoms with Crippen LogP contribution in [0.4, 0.5) is 5.69 Å². The van der Waals surface area contributed by atoms with E-state index in [1.54, 1.807) is 12.1 Å². The molecular weight excluding hydrogens is 224 g/mol. The van der Waals surface area contributed by atoms with Crippen LogP contribution >= 0.6 is 0 Å². The molecule has 0 bridgehead atoms. The number of nitrogen functional groups attached to an aromatic ring is 1. The Morgan fingerprint density at radius 1 is 0.944 bits per heavy atom. The van der Waals surface area contributed by atoms with Crippen molar-refractivity contribution < 1.29 is 4.79 Å². The lowest BCUT2D eigenvalue weighted by atomic mass is 9.75. The molecule has 0 spiro atoms. The van der Waals surface area contributed by atoms with E-state index >= 15 is 0 Å². The van der Waals surface area contributed by atoms with Crippen LogP contribution in [0.1, 0.15) is 18.1 Å². The molecule has 3 heteroatoms. The van der Waals surface area contributed by atoms with Gasteiger partial charge in [0.1, 0.15) is 0 Å². The number of carbonyl (C=O) groups excluding carboxylic acids is 1. The predicted molar refractivity (Wildman–Crippen MR) is 72.9 cm³/mol. The van der Waals surface area contributed by atoms with Gasteiger partial charge in [-0.3, -0.25) is 4.79 Å². The van der Waals surface area contributed by atoms with Crippen LogP contribution < -0.4 is 11.5 Å². The van der Waals surface area contributed by atoms with Crippen LogP contribution in [0, 0.1) is 0 Å². The molecular formula is C15H16N2O. The lowest BCUT2D eigenvalue weighted by molar-refractivity contribution is -0.121. The molecule has 0 heterocycles. The Labute approximate surface area is 106 Å². The number of carbonyl (C=O) groups is 1. The van der Waals surface area contributed by atoms with Gasteiger partial charge in [0, 0.05) is 5.69 Å². The Bertz CT molecular complexity index is 548. The van der Waals surface area contributed by atoms with Crippen molar-refractivity contribution >= 4 is 11.6 Å². The van der Waals surface area contributed by atoms with E-state index in [1.807, 2.05) is 49.4 Å². The molecule has 92 valence electrons. The minimum Gasteiger partial charge on any atom is -0.399 e. The fraction of sp³-hybridized carbons (Fsp3) is 0.133. The standard InChI is InChI=1S/C15H16N2O/c1-15(14(17)18,11-5-3-2-4-6-11)12-7-9-13(16)10-8-12/h2-10H,16H2,1H3,(H2,17,18). The van der Waals surface area contributed by atoms with Crippen LogP contribution in [0.15, 0.2) is 54.6 Å². The maximum Gasteiger partial charge on any atom is 0.232 e. The Morgan fingerprint density at radius 3 is 1.94 bits per heavy atom. The van der Waals surface area contributed by atoms with E-state index in [-0.39, 0.29) is 5.91 Å². The zero-order valence-corrected chi connectivity index (χ0v) is 10.3. The number of primary amides is 1. The summed E-state index contributed by atoms with van der Waals surface area (Å²) in [6, 6.07) is 16.7. The molecule has 1 amide bonds. The van der Waals surface area contributed by atoms with Crippen molar-refractivity contribution in [1.82, 2.24) is 0 Å². The minimum atomic E-state index is -0.838. The first-order chi connectivity index (χ1) is 8.55. The summed E-state index contributed by atoms with van der Waals surface area (Å²) in [5, 5.41) is 0. The molecule has 0 fully saturated rings. The van der Waals surface area contributed by atoms with Crippen LogP contribution in [-0.4, -0.2) is 5.91 Å². The molecule has 0 aromatic heterocycles. The molecule has 4 N–H and O–H groups in total. The van der Waals surface area contributed by atoms with Crippen molar-refractivity contribution in [2.24, 2.45) is 5.73 Å². The van der Waals surface area contributed by atoms with Gasteiger partial charge in [-0.15, -0.1) is 0 Å². The van der Waals surface area contributed by atoms with E-state index in [0.717, 1.165) is 11.1 Å². The molecule has 0 aliphatic rings. The van der Waals surface area contributed by atoms with Gasteiger partial charge in [0.05, 0.1) is 5.41 Å². The minimum absolute atomic E-state index is 0.376. The van der Waals surface area contributed by atoms with Gasteiger partial charge in [0.2, 0.25) is 5.91 Å². The number of hydrogen-bond acceptors (Lipinski definition) is 2. The second-order valence-electron chi connectivity index (χ2n) is 4.48. The zero-order chi connectivity index (χ0) is 13.2. The summed E-state index contributed by atoms with van der Waals surface area (Å²) in [6.45, 7) is 1.83. The average molecular weight is 240 g/mol. The van der Waals surface area contributed by atoms with Gasteiger partial charge < -0.3 is 11.5 Å². The zero-order valence-electron chi connectivity index (χ0n) is 10.3. The molecule has 3 nitrogen and oxygen atoms in total. The highest BCUT2D eigenvalue weighted by molar-refractivity contribution is 5.90. The fourth-order valence-electron chi connectivity index (χ4n) is 2.04. The smallest absolute Gasteiger partial charge is 0.232 e. The Morgan fingerprint density at radius 2 is 1.44 bits per heavy atom. The van der Waals surface area contributed by atoms with Crippen LogP contribution in [0.25, 0.3) is 0 Å². The summed E-state index contributed by atoms with van der Waals surface area (Å²) >= 11 is 0. The molecule has 0 saturated carbocycles. The van der Waals surface area contributed by atoms with E-state index in [1.165, 1.54) is 0 Å². The van der Waals surface area contributed by atoms with Crippen LogP contribution in [0.5, 0.6) is 0 Å². The molecule has 1 atom stereocenters. The lowest BCUT2D eigenvalue weighted by Gasteiger charge is -2.27. The Kier molecular flexibility index (Phi) is 3.06. The van der Waals surface area contributed by atoms with Gasteiger partial charge in [0.15, 0.2) is 0 Å². The number of benzene rings is 2. The van der Waals surface area contributed by atoms with Gasteiger partial charge in [0.25, 0.3) is 0 Å². The first kappa shape index (κ1) is 12.2. The van der Waals surface area contributed by atoms with Gasteiger partial charge in [-0.2, -0.15) is 0 Å². The van der Waals surface area contributed by atoms with Crippen molar-refractivity contribution in [2.75, 3.05) is 5.73 Å². The normalized spacial score (nSPS) is 13.8. The summed E-state index contributed by atoms with van der Waals surface area (Å²) in [4.78, 5) is 11.9. The number of nitrogens with two attached hydrogens (primary N) is 2. The molecule has 2 aromatic carbocycles. The third-order valence-corrected chi connectivity index (χ3v) is 3.33. The van der Waals surface area contributed by atoms with Crippen molar-refractivity contribution in [3.05, 3.63) is 65.7 Å². The van der Waals surface area contributed by atoms with Crippen molar-refractivity contribution in [1.29, 1.82) is 0 Å². The van der Waals surface area contributed by atoms with Crippen molar-refractivity contribution in [2.45, 2.75) is 12.3 Å². The highest BCUT2D eigenvalue weighted by Crippen LogP contribution is 2.31. The second kappa shape index (κ2) is 4.53. The maximum atomic E-state index is 11.9. The highest BCUT2D eigenvalue weighted by Gasteiger charge is 2.34. The quantitative estimate of drug-likeness (QED) is 0.806. The maximum absolute atomic E-state index is 11.9. The largest absolute Gasteiger partial charge is 0.399 e. The van der Waals surface area contributed by atoms with Crippen molar-refractivity contribution in [3.8, 4) is 0 Å². The molecule has 18 heavy (non-hydrogen) atoms. The summed E-state index contributed by atoms with van der Waals surface area (Å²) in [7, 11) is 0. The fourth-order valence-corrected chi connectivity index (χ4v) is 2.04. The van der Waals surface area contributed by atoms with E-state index in [9.17, 15) is 4.79 Å². The molecule has 1 unspecified atom stereocenters. The van der Waals surface area contributed by atoms with E-state index < -0.39 is 5.41 Å². The number of amides is 1. The second-order valence-corrected chi connectivity index (χ2v) is 4.48. The first-order valence-corrected chi connectivity index (χ1v) is 5.76. The van der Waals surface area contributed by atoms with E-state index in [2.05, 4.69) is 0 Å². The average Bonchev–Trinajstić information content (AvgIpc) is 2.39. The highest BCUT2D eigenvalue weighted by atomic mass is 16.1. The van der Waals surface area contributed by atoms with Gasteiger partial charge in [-0.25, -0.2) is 0 Å². The Balaban J connectivity index is 2.58. The number of rotatable bonds is 3. The monoisotopic (exact) mass is 240 g/mol. The van der Waals surface area contributed by atoms with E-state index in [0.29, 0.717) is 5.69 Å². The molecule has 2 aromatic rings. The third-order valence-electron chi connectivity index (χ3n) is 3.33. The predicted octanol–water partition coefficient (Wildman–Crippen LogP) is 2.06. The molecule has 0 radical (unpaired) electrons. The molecule has 0 aliphatic heterocycles. The first-order valence-electron chi connectivity index (χ1n) is 5.76. The van der Waals surface area contributed by atoms with E-state index in [4.69, 9.17) is 11.5 Å². The number of anilines is 1. The summed E-state index contributed by atoms with van der Waals surface area (Å²) in [5.41, 5.74) is 12.8. The SMILES string of the molecule is CC(C(N)=O)(c1ccccc1)c1ccc(N)cc1. The third kappa shape index (κ3) is 1.95. The Hall–Kier alpha value is -2.29. The summed E-state index contributed by atoms with van der Waals surface area (Å²) in [6.07, 6.45) is 0. The lowest BCUT2D eigenvalue weighted by Crippen LogP contribution is -2.39. The van der Waals surface area contributed by atoms with Gasteiger partial charge >= 0.3 is 0 Å². The van der Waals surface area contributed by atoms with Crippen LogP contribution in [0.3, 0.4) is 0 Å². The topological polar surface area (TPSA) is 69.1 Å². The van der Waals surface area contributed by atoms with Gasteiger partial charge in [-0.1, -0.05) is 42.5 Å². The molecule has 2 rings (SSSR count). The molecule has 0 saturated heterocycles. The summed E-state index contributed by atoms with van der Waals surface area (Å²) in [5.74, 6) is -0.376.